The number of carbonyl (C=O) groups is 1. The van der Waals surface area contributed by atoms with Crippen LogP contribution in [0.3, 0.4) is 0 Å². The lowest BCUT2D eigenvalue weighted by Gasteiger charge is -2.07. The van der Waals surface area contributed by atoms with Gasteiger partial charge in [-0.25, -0.2) is 4.79 Å². The van der Waals surface area contributed by atoms with Crippen molar-refractivity contribution in [1.82, 2.24) is 0 Å². The number of hydrogen-bond donors (Lipinski definition) is 2. The normalized spacial score (nSPS) is 11.9. The van der Waals surface area contributed by atoms with Gasteiger partial charge in [0, 0.05) is 6.07 Å². The monoisotopic (exact) mass is 291 g/mol. The van der Waals surface area contributed by atoms with Gasteiger partial charge in [0.1, 0.15) is 11.3 Å². The Hall–Kier alpha value is -1.79. The Balaban J connectivity index is 3.67. The second-order valence-corrected chi connectivity index (χ2v) is 4.12. The van der Waals surface area contributed by atoms with Crippen molar-refractivity contribution >= 4 is 40.4 Å². The summed E-state index contributed by atoms with van der Waals surface area (Å²) in [6, 6.07) is 1.97. The van der Waals surface area contributed by atoms with Crippen LogP contribution in [-0.2, 0) is 4.79 Å². The first-order valence-corrected chi connectivity index (χ1v) is 5.28. The van der Waals surface area contributed by atoms with Crippen LogP contribution >= 0.6 is 23.2 Å². The molecule has 18 heavy (non-hydrogen) atoms. The topological polar surface area (TPSA) is 101 Å². The van der Waals surface area contributed by atoms with Gasteiger partial charge in [0.15, 0.2) is 0 Å². The summed E-state index contributed by atoms with van der Waals surface area (Å²) in [6.45, 7) is 1.11. The third-order valence-electron chi connectivity index (χ3n) is 2.08. The Labute approximate surface area is 111 Å². The summed E-state index contributed by atoms with van der Waals surface area (Å²) >= 11 is 11.3. The number of benzene rings is 1. The second kappa shape index (κ2) is 5.24. The van der Waals surface area contributed by atoms with E-state index in [1.165, 1.54) is 0 Å². The van der Waals surface area contributed by atoms with Gasteiger partial charge < -0.3 is 10.2 Å². The highest BCUT2D eigenvalue weighted by molar-refractivity contribution is 6.42. The van der Waals surface area contributed by atoms with E-state index < -0.39 is 27.9 Å². The van der Waals surface area contributed by atoms with Crippen molar-refractivity contribution < 1.29 is 19.9 Å². The molecule has 0 aliphatic carbocycles. The summed E-state index contributed by atoms with van der Waals surface area (Å²) < 4.78 is 0. The van der Waals surface area contributed by atoms with E-state index in [9.17, 15) is 20.0 Å². The quantitative estimate of drug-likeness (QED) is 0.385. The summed E-state index contributed by atoms with van der Waals surface area (Å²) in [4.78, 5) is 21.0. The fourth-order valence-electron chi connectivity index (χ4n) is 1.35. The van der Waals surface area contributed by atoms with Gasteiger partial charge in [0.05, 0.1) is 20.5 Å². The maximum Gasteiger partial charge on any atom is 0.339 e. The number of rotatable bonds is 3. The number of aliphatic carboxylic acids is 1. The summed E-state index contributed by atoms with van der Waals surface area (Å²) in [5.74, 6) is -2.07. The molecule has 0 saturated heterocycles. The fraction of sp³-hybridized carbons (Fsp3) is 0.100. The number of nitrogens with zero attached hydrogens (tertiary/aromatic N) is 1. The van der Waals surface area contributed by atoms with Gasteiger partial charge in [-0.05, 0) is 13.0 Å². The van der Waals surface area contributed by atoms with E-state index in [1.807, 2.05) is 0 Å². The van der Waals surface area contributed by atoms with Crippen LogP contribution in [0.2, 0.25) is 10.0 Å². The van der Waals surface area contributed by atoms with Crippen LogP contribution in [0.4, 0.5) is 5.69 Å². The van der Waals surface area contributed by atoms with E-state index in [2.05, 4.69) is 0 Å². The minimum Gasteiger partial charge on any atom is -0.512 e. The van der Waals surface area contributed by atoms with Crippen LogP contribution in [-0.4, -0.2) is 21.1 Å². The third-order valence-corrected chi connectivity index (χ3v) is 2.80. The maximum absolute atomic E-state index is 11.0. The molecular formula is C10H7Cl2NO5. The molecule has 1 aromatic rings. The predicted octanol–water partition coefficient (Wildman–Crippen LogP) is 3.28. The molecule has 8 heteroatoms. The third kappa shape index (κ3) is 2.72. The summed E-state index contributed by atoms with van der Waals surface area (Å²) in [6.07, 6.45) is 0. The predicted molar refractivity (Wildman–Crippen MR) is 66.0 cm³/mol. The zero-order valence-corrected chi connectivity index (χ0v) is 10.5. The fourth-order valence-corrected chi connectivity index (χ4v) is 1.67. The number of carboxylic acids is 1. The van der Waals surface area contributed by atoms with Gasteiger partial charge >= 0.3 is 5.97 Å². The molecule has 0 spiro atoms. The number of allylic oxidation sites excluding steroid dienone is 1. The van der Waals surface area contributed by atoms with E-state index in [0.717, 1.165) is 19.1 Å². The minimum absolute atomic E-state index is 0.0442. The first-order valence-electron chi connectivity index (χ1n) is 4.52. The Kier molecular flexibility index (Phi) is 4.15. The lowest BCUT2D eigenvalue weighted by molar-refractivity contribution is -0.385. The standard InChI is InChI=1S/C10H7Cl2NO5/c1-4(14)9(10(15)16)5-2-6(11)7(12)3-8(5)13(17)18/h2-3,14H,1H3,(H,15,16). The molecule has 0 fully saturated rings. The first kappa shape index (κ1) is 14.3. The second-order valence-electron chi connectivity index (χ2n) is 3.31. The largest absolute Gasteiger partial charge is 0.512 e. The average Bonchev–Trinajstić information content (AvgIpc) is 2.21. The van der Waals surface area contributed by atoms with Crippen LogP contribution < -0.4 is 0 Å². The van der Waals surface area contributed by atoms with Crippen molar-refractivity contribution in [2.24, 2.45) is 0 Å². The van der Waals surface area contributed by atoms with E-state index in [4.69, 9.17) is 28.3 Å². The number of hydrogen-bond acceptors (Lipinski definition) is 4. The Morgan fingerprint density at radius 1 is 1.28 bits per heavy atom. The lowest BCUT2D eigenvalue weighted by atomic mass is 10.0. The van der Waals surface area contributed by atoms with E-state index in [0.29, 0.717) is 0 Å². The summed E-state index contributed by atoms with van der Waals surface area (Å²) in [5.41, 5.74) is -1.45. The average molecular weight is 292 g/mol. The van der Waals surface area contributed by atoms with E-state index >= 15 is 0 Å². The number of aliphatic hydroxyl groups is 1. The Morgan fingerprint density at radius 2 is 1.78 bits per heavy atom. The molecule has 0 saturated carbocycles. The number of nitro groups is 1. The van der Waals surface area contributed by atoms with Crippen LogP contribution in [0.25, 0.3) is 5.57 Å². The van der Waals surface area contributed by atoms with Gasteiger partial charge in [0.2, 0.25) is 0 Å². The molecule has 0 aliphatic heterocycles. The van der Waals surface area contributed by atoms with Crippen LogP contribution in [0, 0.1) is 10.1 Å². The van der Waals surface area contributed by atoms with E-state index in [1.54, 1.807) is 0 Å². The van der Waals surface area contributed by atoms with Crippen LogP contribution in [0.1, 0.15) is 12.5 Å². The number of carboxylic acid groups (broad SMARTS) is 1. The van der Waals surface area contributed by atoms with Crippen molar-refractivity contribution in [2.45, 2.75) is 6.92 Å². The summed E-state index contributed by atoms with van der Waals surface area (Å²) in [7, 11) is 0. The molecule has 1 aromatic carbocycles. The highest BCUT2D eigenvalue weighted by Crippen LogP contribution is 2.35. The lowest BCUT2D eigenvalue weighted by Crippen LogP contribution is -2.05. The van der Waals surface area contributed by atoms with Crippen LogP contribution in [0.5, 0.6) is 0 Å². The number of halogens is 2. The SMILES string of the molecule is CC(O)=C(C(=O)O)c1cc(Cl)c(Cl)cc1[N+](=O)[O-]. The molecule has 1 rings (SSSR count). The van der Waals surface area contributed by atoms with E-state index in [-0.39, 0.29) is 15.6 Å². The van der Waals surface area contributed by atoms with Crippen molar-refractivity contribution in [2.75, 3.05) is 0 Å². The zero-order valence-electron chi connectivity index (χ0n) is 8.98. The number of nitro benzene ring substituents is 1. The molecule has 96 valence electrons. The van der Waals surface area contributed by atoms with Gasteiger partial charge in [-0.15, -0.1) is 0 Å². The summed E-state index contributed by atoms with van der Waals surface area (Å²) in [5, 5.41) is 29.0. The molecule has 0 radical (unpaired) electrons. The highest BCUT2D eigenvalue weighted by atomic mass is 35.5. The molecule has 0 amide bonds. The molecule has 0 atom stereocenters. The molecule has 0 unspecified atom stereocenters. The van der Waals surface area contributed by atoms with Crippen LogP contribution in [0.15, 0.2) is 17.9 Å². The molecular weight excluding hydrogens is 285 g/mol. The zero-order chi connectivity index (χ0) is 14.0. The van der Waals surface area contributed by atoms with Gasteiger partial charge in [-0.2, -0.15) is 0 Å². The molecule has 6 nitrogen and oxygen atoms in total. The van der Waals surface area contributed by atoms with Crippen molar-refractivity contribution in [3.05, 3.63) is 43.6 Å². The maximum atomic E-state index is 11.0. The Morgan fingerprint density at radius 3 is 2.17 bits per heavy atom. The van der Waals surface area contributed by atoms with Crippen molar-refractivity contribution in [3.8, 4) is 0 Å². The van der Waals surface area contributed by atoms with Gasteiger partial charge in [-0.3, -0.25) is 10.1 Å². The molecule has 0 bridgehead atoms. The van der Waals surface area contributed by atoms with Crippen molar-refractivity contribution in [1.29, 1.82) is 0 Å². The number of aliphatic hydroxyl groups excluding tert-OH is 1. The molecule has 0 heterocycles. The molecule has 0 aromatic heterocycles. The Bertz CT molecular complexity index is 564. The minimum atomic E-state index is -1.50. The highest BCUT2D eigenvalue weighted by Gasteiger charge is 2.25. The molecule has 0 aliphatic rings. The smallest absolute Gasteiger partial charge is 0.339 e. The van der Waals surface area contributed by atoms with Crippen molar-refractivity contribution in [3.63, 3.8) is 0 Å². The molecule has 2 N–H and O–H groups in total. The first-order chi connectivity index (χ1) is 8.25. The van der Waals surface area contributed by atoms with Gasteiger partial charge in [-0.1, -0.05) is 23.2 Å². The van der Waals surface area contributed by atoms with Gasteiger partial charge in [0.25, 0.3) is 5.69 Å².